The van der Waals surface area contributed by atoms with Gasteiger partial charge in [0.1, 0.15) is 0 Å². The standard InChI is InChI=1S/C26H32N4O3/c1-18(2)16-30-26(32)22-7-5-4-6-21(22)24(28-30)25(31)27-23(17-29-12-14-33-15-13-29)20-10-8-19(3)9-11-20/h4-11,18,23H,12-17H2,1-3H3,(H,27,31)/t23-/m0/s1. The van der Waals surface area contributed by atoms with Crippen LogP contribution in [0, 0.1) is 12.8 Å². The number of nitrogens with one attached hydrogen (secondary N) is 1. The fourth-order valence-corrected chi connectivity index (χ4v) is 4.17. The summed E-state index contributed by atoms with van der Waals surface area (Å²) in [6.45, 7) is 10.3. The van der Waals surface area contributed by atoms with E-state index >= 15 is 0 Å². The van der Waals surface area contributed by atoms with E-state index in [1.807, 2.05) is 32.9 Å². The van der Waals surface area contributed by atoms with Crippen molar-refractivity contribution in [3.63, 3.8) is 0 Å². The molecule has 1 amide bonds. The van der Waals surface area contributed by atoms with Gasteiger partial charge >= 0.3 is 0 Å². The summed E-state index contributed by atoms with van der Waals surface area (Å²) in [6, 6.07) is 15.2. The molecule has 33 heavy (non-hydrogen) atoms. The largest absolute Gasteiger partial charge is 0.379 e. The molecule has 0 radical (unpaired) electrons. The van der Waals surface area contributed by atoms with Crippen molar-refractivity contribution in [1.82, 2.24) is 20.0 Å². The number of nitrogens with zero attached hydrogens (tertiary/aromatic N) is 3. The average Bonchev–Trinajstić information content (AvgIpc) is 2.81. The molecule has 1 fully saturated rings. The van der Waals surface area contributed by atoms with Gasteiger partial charge in [-0.15, -0.1) is 0 Å². The summed E-state index contributed by atoms with van der Waals surface area (Å²) in [5.41, 5.74) is 2.33. The second kappa shape index (κ2) is 10.3. The number of carbonyl (C=O) groups is 1. The van der Waals surface area contributed by atoms with Gasteiger partial charge in [0.05, 0.1) is 24.6 Å². The molecule has 0 saturated carbocycles. The van der Waals surface area contributed by atoms with Crippen LogP contribution in [-0.4, -0.2) is 53.4 Å². The second-order valence-electron chi connectivity index (χ2n) is 9.13. The Labute approximate surface area is 194 Å². The molecule has 1 aromatic heterocycles. The van der Waals surface area contributed by atoms with Gasteiger partial charge in [0.25, 0.3) is 11.5 Å². The first-order valence-electron chi connectivity index (χ1n) is 11.6. The molecule has 7 nitrogen and oxygen atoms in total. The van der Waals surface area contributed by atoms with E-state index in [0.29, 0.717) is 37.1 Å². The number of morpholine rings is 1. The van der Waals surface area contributed by atoms with E-state index in [-0.39, 0.29) is 29.1 Å². The van der Waals surface area contributed by atoms with Gasteiger partial charge in [0.15, 0.2) is 5.69 Å². The fourth-order valence-electron chi connectivity index (χ4n) is 4.17. The van der Waals surface area contributed by atoms with Crippen molar-refractivity contribution < 1.29 is 9.53 Å². The number of rotatable bonds is 7. The van der Waals surface area contributed by atoms with Crippen LogP contribution < -0.4 is 10.9 Å². The minimum absolute atomic E-state index is 0.167. The van der Waals surface area contributed by atoms with E-state index in [4.69, 9.17) is 4.74 Å². The lowest BCUT2D eigenvalue weighted by molar-refractivity contribution is 0.0332. The summed E-state index contributed by atoms with van der Waals surface area (Å²) in [7, 11) is 0. The van der Waals surface area contributed by atoms with Gasteiger partial charge in [-0.05, 0) is 24.5 Å². The second-order valence-corrected chi connectivity index (χ2v) is 9.13. The molecule has 0 bridgehead atoms. The van der Waals surface area contributed by atoms with Crippen LogP contribution in [0.25, 0.3) is 10.8 Å². The number of amides is 1. The molecule has 2 heterocycles. The molecule has 0 spiro atoms. The maximum absolute atomic E-state index is 13.6. The van der Waals surface area contributed by atoms with E-state index in [1.165, 1.54) is 10.2 Å². The van der Waals surface area contributed by atoms with Crippen molar-refractivity contribution in [2.45, 2.75) is 33.4 Å². The maximum atomic E-state index is 13.6. The predicted molar refractivity (Wildman–Crippen MR) is 129 cm³/mol. The van der Waals surface area contributed by atoms with Crippen LogP contribution in [0.4, 0.5) is 0 Å². The molecule has 1 saturated heterocycles. The van der Waals surface area contributed by atoms with Gasteiger partial charge in [-0.3, -0.25) is 14.5 Å². The van der Waals surface area contributed by atoms with Crippen LogP contribution >= 0.6 is 0 Å². The number of hydrogen-bond donors (Lipinski definition) is 1. The number of ether oxygens (including phenoxy) is 1. The lowest BCUT2D eigenvalue weighted by Crippen LogP contribution is -2.43. The van der Waals surface area contributed by atoms with Crippen molar-refractivity contribution >= 4 is 16.7 Å². The molecule has 0 aliphatic carbocycles. The van der Waals surface area contributed by atoms with Crippen molar-refractivity contribution in [2.24, 2.45) is 5.92 Å². The quantitative estimate of drug-likeness (QED) is 0.601. The summed E-state index contributed by atoms with van der Waals surface area (Å²) >= 11 is 0. The number of carbonyl (C=O) groups excluding carboxylic acids is 1. The number of aromatic nitrogens is 2. The van der Waals surface area contributed by atoms with Gasteiger partial charge in [0.2, 0.25) is 0 Å². The van der Waals surface area contributed by atoms with Gasteiger partial charge in [-0.2, -0.15) is 5.10 Å². The van der Waals surface area contributed by atoms with Gasteiger partial charge in [0, 0.05) is 31.6 Å². The van der Waals surface area contributed by atoms with Crippen LogP contribution in [0.5, 0.6) is 0 Å². The molecular formula is C26H32N4O3. The van der Waals surface area contributed by atoms with Crippen LogP contribution in [-0.2, 0) is 11.3 Å². The Morgan fingerprint density at radius 3 is 2.36 bits per heavy atom. The third-order valence-electron chi connectivity index (χ3n) is 5.95. The highest BCUT2D eigenvalue weighted by molar-refractivity contribution is 6.04. The summed E-state index contributed by atoms with van der Waals surface area (Å²) in [4.78, 5) is 28.8. The Morgan fingerprint density at radius 2 is 1.70 bits per heavy atom. The van der Waals surface area contributed by atoms with Crippen LogP contribution in [0.1, 0.15) is 41.5 Å². The van der Waals surface area contributed by atoms with Crippen molar-refractivity contribution in [2.75, 3.05) is 32.8 Å². The first-order chi connectivity index (χ1) is 15.9. The third kappa shape index (κ3) is 5.49. The highest BCUT2D eigenvalue weighted by Crippen LogP contribution is 2.19. The summed E-state index contributed by atoms with van der Waals surface area (Å²) in [5, 5.41) is 8.81. The van der Waals surface area contributed by atoms with Crippen LogP contribution in [0.2, 0.25) is 0 Å². The van der Waals surface area contributed by atoms with E-state index in [0.717, 1.165) is 18.7 Å². The minimum atomic E-state index is -0.275. The van der Waals surface area contributed by atoms with E-state index in [1.54, 1.807) is 12.1 Å². The normalized spacial score (nSPS) is 15.6. The minimum Gasteiger partial charge on any atom is -0.379 e. The topological polar surface area (TPSA) is 76.5 Å². The van der Waals surface area contributed by atoms with Crippen LogP contribution in [0.3, 0.4) is 0 Å². The molecule has 7 heteroatoms. The van der Waals surface area contributed by atoms with Gasteiger partial charge in [-0.1, -0.05) is 61.9 Å². The van der Waals surface area contributed by atoms with Crippen molar-refractivity contribution in [3.05, 3.63) is 75.7 Å². The first kappa shape index (κ1) is 23.1. The van der Waals surface area contributed by atoms with E-state index in [2.05, 4.69) is 39.6 Å². The Balaban J connectivity index is 1.69. The van der Waals surface area contributed by atoms with Crippen LogP contribution in [0.15, 0.2) is 53.3 Å². The van der Waals surface area contributed by atoms with E-state index < -0.39 is 0 Å². The number of aryl methyl sites for hydroxylation is 1. The summed E-state index contributed by atoms with van der Waals surface area (Å²) in [5.74, 6) is -0.0450. The average molecular weight is 449 g/mol. The third-order valence-corrected chi connectivity index (χ3v) is 5.95. The Bertz CT molecular complexity index is 1160. The number of benzene rings is 2. The van der Waals surface area contributed by atoms with E-state index in [9.17, 15) is 9.59 Å². The molecule has 3 aromatic rings. The van der Waals surface area contributed by atoms with Crippen molar-refractivity contribution in [3.8, 4) is 0 Å². The zero-order chi connectivity index (χ0) is 23.4. The molecular weight excluding hydrogens is 416 g/mol. The number of fused-ring (bicyclic) bond motifs is 1. The summed E-state index contributed by atoms with van der Waals surface area (Å²) in [6.07, 6.45) is 0. The highest BCUT2D eigenvalue weighted by Gasteiger charge is 2.23. The smallest absolute Gasteiger partial charge is 0.274 e. The first-order valence-corrected chi connectivity index (χ1v) is 11.6. The highest BCUT2D eigenvalue weighted by atomic mass is 16.5. The zero-order valence-electron chi connectivity index (χ0n) is 19.6. The predicted octanol–water partition coefficient (Wildman–Crippen LogP) is 3.16. The summed E-state index contributed by atoms with van der Waals surface area (Å²) < 4.78 is 6.91. The fraction of sp³-hybridized carbons (Fsp3) is 0.423. The molecule has 1 atom stereocenters. The van der Waals surface area contributed by atoms with Gasteiger partial charge < -0.3 is 10.1 Å². The van der Waals surface area contributed by atoms with Crippen molar-refractivity contribution in [1.29, 1.82) is 0 Å². The molecule has 1 aliphatic heterocycles. The van der Waals surface area contributed by atoms with Gasteiger partial charge in [-0.25, -0.2) is 4.68 Å². The molecule has 2 aromatic carbocycles. The molecule has 1 N–H and O–H groups in total. The monoisotopic (exact) mass is 448 g/mol. The lowest BCUT2D eigenvalue weighted by Gasteiger charge is -2.31. The molecule has 174 valence electrons. The molecule has 4 rings (SSSR count). The molecule has 1 aliphatic rings. The zero-order valence-corrected chi connectivity index (χ0v) is 19.6. The molecule has 0 unspecified atom stereocenters. The Morgan fingerprint density at radius 1 is 1.03 bits per heavy atom. The SMILES string of the molecule is Cc1ccc([C@H](CN2CCOCC2)NC(=O)c2nn(CC(C)C)c(=O)c3ccccc23)cc1. The Hall–Kier alpha value is -3.03. The lowest BCUT2D eigenvalue weighted by atomic mass is 10.0. The number of hydrogen-bond acceptors (Lipinski definition) is 5. The Kier molecular flexibility index (Phi) is 7.20. The maximum Gasteiger partial charge on any atom is 0.274 e.